The lowest BCUT2D eigenvalue weighted by atomic mass is 10.0. The van der Waals surface area contributed by atoms with Gasteiger partial charge in [-0.3, -0.25) is 0 Å². The zero-order valence-corrected chi connectivity index (χ0v) is 15.2. The average Bonchev–Trinajstić information content (AvgIpc) is 2.99. The van der Waals surface area contributed by atoms with E-state index in [1.54, 1.807) is 16.8 Å². The Morgan fingerprint density at radius 1 is 1.17 bits per heavy atom. The number of ether oxygens (including phenoxy) is 1. The van der Waals surface area contributed by atoms with Gasteiger partial charge in [-0.25, -0.2) is 9.37 Å². The average molecular weight is 407 g/mol. The molecule has 4 rings (SSSR count). The zero-order chi connectivity index (χ0) is 20.6. The summed E-state index contributed by atoms with van der Waals surface area (Å²) in [6.07, 6.45) is -2.42. The Hall–Kier alpha value is -2.85. The minimum absolute atomic E-state index is 0.107. The van der Waals surface area contributed by atoms with Crippen LogP contribution in [-0.4, -0.2) is 33.2 Å². The highest BCUT2D eigenvalue weighted by Crippen LogP contribution is 2.31. The molecule has 0 fully saturated rings. The molecule has 0 saturated carbocycles. The molecule has 10 heteroatoms. The van der Waals surface area contributed by atoms with Crippen molar-refractivity contribution in [1.29, 1.82) is 0 Å². The summed E-state index contributed by atoms with van der Waals surface area (Å²) >= 11 is 0. The fraction of sp³-hybridized carbons (Fsp3) is 0.316. The summed E-state index contributed by atoms with van der Waals surface area (Å²) in [6.45, 7) is 0.817. The Balaban J connectivity index is 1.65. The summed E-state index contributed by atoms with van der Waals surface area (Å²) in [5.74, 6) is -0.475. The molecule has 2 aromatic heterocycles. The molecule has 1 atom stereocenters. The van der Waals surface area contributed by atoms with E-state index in [-0.39, 0.29) is 12.0 Å². The maximum absolute atomic E-state index is 13.7. The number of pyridine rings is 1. The second-order valence-corrected chi connectivity index (χ2v) is 6.81. The SMILES string of the molecule is NC1COCCc2c1nnn2-c1cc(Cc2cc(F)cc(C(F)(F)F)c2)ccn1. The molecule has 0 aliphatic carbocycles. The Bertz CT molecular complexity index is 1030. The van der Waals surface area contributed by atoms with E-state index in [9.17, 15) is 17.6 Å². The number of benzene rings is 1. The van der Waals surface area contributed by atoms with Crippen LogP contribution in [-0.2, 0) is 23.8 Å². The van der Waals surface area contributed by atoms with Gasteiger partial charge in [-0.15, -0.1) is 5.10 Å². The molecule has 0 bridgehead atoms. The number of hydrogen-bond donors (Lipinski definition) is 1. The number of alkyl halides is 3. The van der Waals surface area contributed by atoms with Crippen LogP contribution in [0.15, 0.2) is 36.5 Å². The highest BCUT2D eigenvalue weighted by molar-refractivity contribution is 5.36. The smallest absolute Gasteiger partial charge is 0.379 e. The van der Waals surface area contributed by atoms with Gasteiger partial charge in [0.15, 0.2) is 5.82 Å². The van der Waals surface area contributed by atoms with Crippen LogP contribution >= 0.6 is 0 Å². The first kappa shape index (κ1) is 19.5. The third kappa shape index (κ3) is 4.13. The number of hydrogen-bond acceptors (Lipinski definition) is 5. The topological polar surface area (TPSA) is 78.9 Å². The predicted octanol–water partition coefficient (Wildman–Crippen LogP) is 2.98. The summed E-state index contributed by atoms with van der Waals surface area (Å²) in [6, 6.07) is 5.47. The molecule has 1 aliphatic rings. The van der Waals surface area contributed by atoms with E-state index in [4.69, 9.17) is 10.5 Å². The Morgan fingerprint density at radius 2 is 2.00 bits per heavy atom. The molecule has 1 aromatic carbocycles. The molecule has 0 saturated heterocycles. The van der Waals surface area contributed by atoms with E-state index in [1.165, 1.54) is 6.20 Å². The lowest BCUT2D eigenvalue weighted by molar-refractivity contribution is -0.137. The van der Waals surface area contributed by atoms with Gasteiger partial charge >= 0.3 is 6.18 Å². The van der Waals surface area contributed by atoms with Gasteiger partial charge in [0.25, 0.3) is 0 Å². The van der Waals surface area contributed by atoms with Crippen LogP contribution in [0.4, 0.5) is 17.6 Å². The largest absolute Gasteiger partial charge is 0.416 e. The van der Waals surface area contributed by atoms with Crippen molar-refractivity contribution in [2.75, 3.05) is 13.2 Å². The Morgan fingerprint density at radius 3 is 2.79 bits per heavy atom. The fourth-order valence-corrected chi connectivity index (χ4v) is 3.32. The van der Waals surface area contributed by atoms with Crippen molar-refractivity contribution in [3.05, 3.63) is 70.4 Å². The van der Waals surface area contributed by atoms with Crippen molar-refractivity contribution < 1.29 is 22.3 Å². The van der Waals surface area contributed by atoms with E-state index in [0.29, 0.717) is 42.8 Å². The first-order chi connectivity index (χ1) is 13.8. The number of nitrogens with zero attached hydrogens (tertiary/aromatic N) is 4. The van der Waals surface area contributed by atoms with E-state index in [1.807, 2.05) is 0 Å². The molecule has 0 amide bonds. The van der Waals surface area contributed by atoms with Gasteiger partial charge in [0.1, 0.15) is 11.5 Å². The van der Waals surface area contributed by atoms with Gasteiger partial charge in [-0.2, -0.15) is 17.9 Å². The Labute approximate surface area is 163 Å². The van der Waals surface area contributed by atoms with Crippen LogP contribution in [0.2, 0.25) is 0 Å². The third-order valence-corrected chi connectivity index (χ3v) is 4.65. The molecule has 3 heterocycles. The number of rotatable bonds is 3. The lowest BCUT2D eigenvalue weighted by Crippen LogP contribution is -2.16. The standard InChI is InChI=1S/C19H17F4N5O/c20-14-7-12(6-13(9-14)19(21,22)23)5-11-1-3-25-17(8-11)28-16-2-4-29-10-15(24)18(16)26-27-28/h1,3,6-9,15H,2,4-5,10,24H2. The second-order valence-electron chi connectivity index (χ2n) is 6.81. The van der Waals surface area contributed by atoms with Gasteiger partial charge in [-0.05, 0) is 47.9 Å². The van der Waals surface area contributed by atoms with Crippen LogP contribution in [0.3, 0.4) is 0 Å². The molecule has 1 aliphatic heterocycles. The number of fused-ring (bicyclic) bond motifs is 1. The maximum atomic E-state index is 13.7. The van der Waals surface area contributed by atoms with Crippen molar-refractivity contribution in [2.24, 2.45) is 5.73 Å². The van der Waals surface area contributed by atoms with Gasteiger partial charge in [0.2, 0.25) is 0 Å². The second kappa shape index (κ2) is 7.53. The molecule has 29 heavy (non-hydrogen) atoms. The van der Waals surface area contributed by atoms with E-state index >= 15 is 0 Å². The van der Waals surface area contributed by atoms with Crippen molar-refractivity contribution >= 4 is 0 Å². The number of halogens is 4. The third-order valence-electron chi connectivity index (χ3n) is 4.65. The molecule has 0 radical (unpaired) electrons. The highest BCUT2D eigenvalue weighted by atomic mass is 19.4. The number of nitrogens with two attached hydrogens (primary N) is 1. The molecular weight excluding hydrogens is 390 g/mol. The molecule has 1 unspecified atom stereocenters. The monoisotopic (exact) mass is 407 g/mol. The van der Waals surface area contributed by atoms with Gasteiger partial charge < -0.3 is 10.5 Å². The molecule has 3 aromatic rings. The summed E-state index contributed by atoms with van der Waals surface area (Å²) in [4.78, 5) is 4.29. The molecule has 0 spiro atoms. The maximum Gasteiger partial charge on any atom is 0.416 e. The van der Waals surface area contributed by atoms with Crippen molar-refractivity contribution in [3.8, 4) is 5.82 Å². The summed E-state index contributed by atoms with van der Waals surface area (Å²) in [7, 11) is 0. The zero-order valence-electron chi connectivity index (χ0n) is 15.2. The van der Waals surface area contributed by atoms with Crippen LogP contribution in [0.5, 0.6) is 0 Å². The first-order valence-corrected chi connectivity index (χ1v) is 8.91. The van der Waals surface area contributed by atoms with Crippen molar-refractivity contribution in [3.63, 3.8) is 0 Å². The number of aromatic nitrogens is 4. The summed E-state index contributed by atoms with van der Waals surface area (Å²) in [5, 5.41) is 8.26. The summed E-state index contributed by atoms with van der Waals surface area (Å²) in [5.41, 5.74) is 7.31. The minimum Gasteiger partial charge on any atom is -0.379 e. The minimum atomic E-state index is -4.61. The summed E-state index contributed by atoms with van der Waals surface area (Å²) < 4.78 is 59.5. The van der Waals surface area contributed by atoms with Crippen LogP contribution in [0.1, 0.15) is 34.1 Å². The van der Waals surface area contributed by atoms with Crippen LogP contribution < -0.4 is 5.73 Å². The van der Waals surface area contributed by atoms with Crippen molar-refractivity contribution in [2.45, 2.75) is 25.1 Å². The highest BCUT2D eigenvalue weighted by Gasteiger charge is 2.31. The van der Waals surface area contributed by atoms with Crippen LogP contribution in [0, 0.1) is 5.82 Å². The van der Waals surface area contributed by atoms with E-state index < -0.39 is 23.6 Å². The lowest BCUT2D eigenvalue weighted by Gasteiger charge is -2.11. The van der Waals surface area contributed by atoms with E-state index in [0.717, 1.165) is 17.8 Å². The van der Waals surface area contributed by atoms with Crippen LogP contribution in [0.25, 0.3) is 5.82 Å². The molecule has 2 N–H and O–H groups in total. The quantitative estimate of drug-likeness (QED) is 0.676. The molecule has 6 nitrogen and oxygen atoms in total. The van der Waals surface area contributed by atoms with E-state index in [2.05, 4.69) is 15.3 Å². The molecule has 152 valence electrons. The van der Waals surface area contributed by atoms with Gasteiger partial charge in [0.05, 0.1) is 30.5 Å². The Kier molecular flexibility index (Phi) is 5.05. The normalized spacial score (nSPS) is 17.1. The predicted molar refractivity (Wildman–Crippen MR) is 94.8 cm³/mol. The molecular formula is C19H17F4N5O. The van der Waals surface area contributed by atoms with Gasteiger partial charge in [0, 0.05) is 12.6 Å². The fourth-order valence-electron chi connectivity index (χ4n) is 3.32. The van der Waals surface area contributed by atoms with Gasteiger partial charge in [-0.1, -0.05) is 5.21 Å². The first-order valence-electron chi connectivity index (χ1n) is 8.91. The van der Waals surface area contributed by atoms with Crippen molar-refractivity contribution in [1.82, 2.24) is 20.0 Å².